The smallest absolute Gasteiger partial charge is 0.260 e. The van der Waals surface area contributed by atoms with Gasteiger partial charge < -0.3 is 4.98 Å². The number of aromatic nitrogens is 2. The second-order valence-electron chi connectivity index (χ2n) is 4.99. The second-order valence-corrected chi connectivity index (χ2v) is 7.93. The molecule has 0 aromatic carbocycles. The first-order valence-electron chi connectivity index (χ1n) is 6.67. The number of nitrogens with zero attached hydrogens (tertiary/aromatic N) is 1. The van der Waals surface area contributed by atoms with Crippen LogP contribution in [-0.2, 0) is 12.8 Å². The van der Waals surface area contributed by atoms with E-state index < -0.39 is 0 Å². The van der Waals surface area contributed by atoms with Gasteiger partial charge in [-0.3, -0.25) is 4.79 Å². The average molecular weight is 379 g/mol. The fourth-order valence-corrected chi connectivity index (χ4v) is 5.28. The van der Waals surface area contributed by atoms with Gasteiger partial charge >= 0.3 is 0 Å². The van der Waals surface area contributed by atoms with Crippen LogP contribution in [0.25, 0.3) is 22.4 Å². The molecule has 1 aliphatic carbocycles. The summed E-state index contributed by atoms with van der Waals surface area (Å²) in [4.78, 5) is 23.1. The molecule has 0 amide bonds. The van der Waals surface area contributed by atoms with E-state index in [-0.39, 0.29) is 5.56 Å². The zero-order chi connectivity index (χ0) is 14.4. The predicted molar refractivity (Wildman–Crippen MR) is 93.2 cm³/mol. The molecule has 0 saturated carbocycles. The van der Waals surface area contributed by atoms with Crippen LogP contribution >= 0.6 is 38.6 Å². The van der Waals surface area contributed by atoms with E-state index in [1.54, 1.807) is 22.7 Å². The number of fused-ring (bicyclic) bond motifs is 3. The molecule has 0 atom stereocenters. The summed E-state index contributed by atoms with van der Waals surface area (Å²) in [5, 5.41) is 2.84. The maximum Gasteiger partial charge on any atom is 0.260 e. The summed E-state index contributed by atoms with van der Waals surface area (Å²) in [5.74, 6) is 0.622. The summed E-state index contributed by atoms with van der Waals surface area (Å²) in [6, 6.07) is 2.04. The number of nitrogens with one attached hydrogen (secondary N) is 1. The highest BCUT2D eigenvalue weighted by molar-refractivity contribution is 9.10. The summed E-state index contributed by atoms with van der Waals surface area (Å²) < 4.78 is 1.07. The van der Waals surface area contributed by atoms with Crippen LogP contribution in [0, 0.1) is 0 Å². The van der Waals surface area contributed by atoms with Crippen LogP contribution in [0.1, 0.15) is 27.6 Å². The molecule has 0 fully saturated rings. The molecule has 1 N–H and O–H groups in total. The molecule has 0 spiro atoms. The molecule has 3 aromatic heterocycles. The molecule has 3 aromatic rings. The van der Waals surface area contributed by atoms with Crippen molar-refractivity contribution in [3.8, 4) is 0 Å². The van der Waals surface area contributed by atoms with Gasteiger partial charge in [0.05, 0.1) is 5.39 Å². The van der Waals surface area contributed by atoms with E-state index in [2.05, 4.69) is 25.9 Å². The van der Waals surface area contributed by atoms with Crippen LogP contribution in [0.2, 0.25) is 0 Å². The number of rotatable bonds is 2. The van der Waals surface area contributed by atoms with Gasteiger partial charge in [-0.1, -0.05) is 0 Å². The van der Waals surface area contributed by atoms with Gasteiger partial charge in [0.15, 0.2) is 0 Å². The number of hydrogen-bond acceptors (Lipinski definition) is 4. The van der Waals surface area contributed by atoms with Crippen molar-refractivity contribution >= 4 is 61.0 Å². The van der Waals surface area contributed by atoms with Crippen molar-refractivity contribution in [2.75, 3.05) is 0 Å². The Morgan fingerprint density at radius 2 is 2.24 bits per heavy atom. The van der Waals surface area contributed by atoms with Crippen molar-refractivity contribution in [3.05, 3.63) is 47.4 Å². The SMILES string of the molecule is O=c1[nH]c(/C=C/c2cc(Br)cs2)nc2sc3c(c12)CCC3. The van der Waals surface area contributed by atoms with Gasteiger partial charge in [-0.15, -0.1) is 22.7 Å². The Morgan fingerprint density at radius 3 is 3.05 bits per heavy atom. The Bertz CT molecular complexity index is 920. The molecular weight excluding hydrogens is 368 g/mol. The molecule has 1 aliphatic rings. The molecular formula is C15H11BrN2OS2. The molecule has 6 heteroatoms. The molecule has 0 radical (unpaired) electrons. The first-order valence-corrected chi connectivity index (χ1v) is 9.16. The molecule has 0 saturated heterocycles. The zero-order valence-corrected chi connectivity index (χ0v) is 14.2. The summed E-state index contributed by atoms with van der Waals surface area (Å²) in [7, 11) is 0. The largest absolute Gasteiger partial charge is 0.306 e. The summed E-state index contributed by atoms with van der Waals surface area (Å²) in [5.41, 5.74) is 1.22. The second kappa shape index (κ2) is 5.19. The first kappa shape index (κ1) is 13.4. The number of thiophene rings is 2. The summed E-state index contributed by atoms with van der Waals surface area (Å²) in [6.07, 6.45) is 7.10. The maximum absolute atomic E-state index is 12.3. The standard InChI is InChI=1S/C15H11BrN2OS2/c16-8-6-9(20-7-8)4-5-12-17-14(19)13-10-2-1-3-11(10)21-15(13)18-12/h4-7H,1-3H2,(H,17,18,19)/b5-4+. The van der Waals surface area contributed by atoms with Gasteiger partial charge in [0.2, 0.25) is 0 Å². The topological polar surface area (TPSA) is 45.8 Å². The lowest BCUT2D eigenvalue weighted by Crippen LogP contribution is -2.09. The van der Waals surface area contributed by atoms with E-state index in [0.29, 0.717) is 5.82 Å². The fourth-order valence-electron chi connectivity index (χ4n) is 2.67. The Kier molecular flexibility index (Phi) is 3.32. The van der Waals surface area contributed by atoms with Crippen molar-refractivity contribution < 1.29 is 0 Å². The van der Waals surface area contributed by atoms with Crippen molar-refractivity contribution in [2.24, 2.45) is 0 Å². The van der Waals surface area contributed by atoms with Crippen molar-refractivity contribution in [2.45, 2.75) is 19.3 Å². The number of aromatic amines is 1. The molecule has 3 heterocycles. The third kappa shape index (κ3) is 2.41. The van der Waals surface area contributed by atoms with Crippen LogP contribution < -0.4 is 5.56 Å². The van der Waals surface area contributed by atoms with Crippen molar-refractivity contribution in [1.29, 1.82) is 0 Å². The van der Waals surface area contributed by atoms with Crippen molar-refractivity contribution in [3.63, 3.8) is 0 Å². The highest BCUT2D eigenvalue weighted by atomic mass is 79.9. The highest BCUT2D eigenvalue weighted by Gasteiger charge is 2.20. The van der Waals surface area contributed by atoms with E-state index in [0.717, 1.165) is 38.8 Å². The maximum atomic E-state index is 12.3. The number of aryl methyl sites for hydroxylation is 2. The molecule has 0 aliphatic heterocycles. The molecule has 4 rings (SSSR count). The van der Waals surface area contributed by atoms with E-state index in [4.69, 9.17) is 0 Å². The Hall–Kier alpha value is -1.24. The zero-order valence-electron chi connectivity index (χ0n) is 11.0. The van der Waals surface area contributed by atoms with E-state index in [1.807, 2.05) is 23.6 Å². The normalized spacial score (nSPS) is 14.3. The Balaban J connectivity index is 1.77. The molecule has 0 bridgehead atoms. The number of halogens is 1. The van der Waals surface area contributed by atoms with Crippen LogP contribution in [-0.4, -0.2) is 9.97 Å². The van der Waals surface area contributed by atoms with Crippen LogP contribution in [0.3, 0.4) is 0 Å². The van der Waals surface area contributed by atoms with Gasteiger partial charge in [-0.05, 0) is 59.0 Å². The van der Waals surface area contributed by atoms with Crippen molar-refractivity contribution in [1.82, 2.24) is 9.97 Å². The van der Waals surface area contributed by atoms with E-state index in [1.165, 1.54) is 10.4 Å². The van der Waals surface area contributed by atoms with Crippen LogP contribution in [0.15, 0.2) is 20.7 Å². The minimum atomic E-state index is -0.00795. The summed E-state index contributed by atoms with van der Waals surface area (Å²) in [6.45, 7) is 0. The predicted octanol–water partition coefficient (Wildman–Crippen LogP) is 4.47. The van der Waals surface area contributed by atoms with Gasteiger partial charge in [0.1, 0.15) is 10.7 Å². The van der Waals surface area contributed by atoms with E-state index >= 15 is 0 Å². The van der Waals surface area contributed by atoms with E-state index in [9.17, 15) is 4.79 Å². The van der Waals surface area contributed by atoms with Crippen LogP contribution in [0.4, 0.5) is 0 Å². The van der Waals surface area contributed by atoms with Gasteiger partial charge in [-0.25, -0.2) is 4.98 Å². The first-order chi connectivity index (χ1) is 10.2. The molecule has 0 unspecified atom stereocenters. The third-order valence-corrected chi connectivity index (χ3v) is 6.43. The Morgan fingerprint density at radius 1 is 1.33 bits per heavy atom. The number of hydrogen-bond donors (Lipinski definition) is 1. The molecule has 3 nitrogen and oxygen atoms in total. The molecule has 21 heavy (non-hydrogen) atoms. The fraction of sp³-hybridized carbons (Fsp3) is 0.200. The minimum absolute atomic E-state index is 0.00795. The lowest BCUT2D eigenvalue weighted by atomic mass is 10.2. The lowest BCUT2D eigenvalue weighted by molar-refractivity contribution is 0.916. The molecule has 106 valence electrons. The van der Waals surface area contributed by atoms with Crippen LogP contribution in [0.5, 0.6) is 0 Å². The highest BCUT2D eigenvalue weighted by Crippen LogP contribution is 2.34. The number of H-pyrrole nitrogens is 1. The van der Waals surface area contributed by atoms with Gasteiger partial charge in [0.25, 0.3) is 5.56 Å². The monoisotopic (exact) mass is 378 g/mol. The average Bonchev–Trinajstić information content (AvgIpc) is 3.11. The quantitative estimate of drug-likeness (QED) is 0.714. The van der Waals surface area contributed by atoms with Gasteiger partial charge in [0, 0.05) is 19.6 Å². The Labute approximate surface area is 137 Å². The van der Waals surface area contributed by atoms with Gasteiger partial charge in [-0.2, -0.15) is 0 Å². The lowest BCUT2D eigenvalue weighted by Gasteiger charge is -1.96. The minimum Gasteiger partial charge on any atom is -0.306 e. The third-order valence-electron chi connectivity index (χ3n) is 3.59. The summed E-state index contributed by atoms with van der Waals surface area (Å²) >= 11 is 6.75.